The monoisotopic (exact) mass is 261 g/mol. The van der Waals surface area contributed by atoms with Crippen LogP contribution in [-0.4, -0.2) is 33.3 Å². The fraction of sp³-hybridized carbons (Fsp3) is 0.533. The Kier molecular flexibility index (Phi) is 5.65. The standard InChI is InChI=1S/C15H23N3O/c1-15(12-16,17-2)10-7-11-18(3)13-8-5-6-9-14(13)19-4/h5-6,8-9,17H,7,10-11H2,1-4H3. The Morgan fingerprint density at radius 1 is 1.42 bits per heavy atom. The molecule has 0 fully saturated rings. The largest absolute Gasteiger partial charge is 0.495 e. The first-order valence-corrected chi connectivity index (χ1v) is 6.50. The van der Waals surface area contributed by atoms with Gasteiger partial charge in [-0.15, -0.1) is 0 Å². The third-order valence-corrected chi connectivity index (χ3v) is 3.47. The molecule has 1 aromatic carbocycles. The molecular formula is C15H23N3O. The molecule has 1 N–H and O–H groups in total. The third kappa shape index (κ3) is 4.15. The Morgan fingerprint density at radius 3 is 2.68 bits per heavy atom. The van der Waals surface area contributed by atoms with Gasteiger partial charge in [-0.25, -0.2) is 0 Å². The van der Waals surface area contributed by atoms with Gasteiger partial charge in [-0.2, -0.15) is 5.26 Å². The van der Waals surface area contributed by atoms with Crippen LogP contribution in [-0.2, 0) is 0 Å². The highest BCUT2D eigenvalue weighted by Crippen LogP contribution is 2.26. The van der Waals surface area contributed by atoms with Crippen molar-refractivity contribution in [1.82, 2.24) is 5.32 Å². The van der Waals surface area contributed by atoms with E-state index < -0.39 is 5.54 Å². The second kappa shape index (κ2) is 7.01. The maximum absolute atomic E-state index is 9.10. The fourth-order valence-corrected chi connectivity index (χ4v) is 1.97. The number of para-hydroxylation sites is 2. The van der Waals surface area contributed by atoms with Crippen molar-refractivity contribution in [1.29, 1.82) is 5.26 Å². The Morgan fingerprint density at radius 2 is 2.11 bits per heavy atom. The average molecular weight is 261 g/mol. The van der Waals surface area contributed by atoms with Crippen molar-refractivity contribution in [3.05, 3.63) is 24.3 Å². The Hall–Kier alpha value is -1.73. The first-order chi connectivity index (χ1) is 9.06. The Bertz CT molecular complexity index is 441. The van der Waals surface area contributed by atoms with Gasteiger partial charge in [0.25, 0.3) is 0 Å². The smallest absolute Gasteiger partial charge is 0.142 e. The topological polar surface area (TPSA) is 48.3 Å². The summed E-state index contributed by atoms with van der Waals surface area (Å²) >= 11 is 0. The summed E-state index contributed by atoms with van der Waals surface area (Å²) in [5.74, 6) is 0.877. The van der Waals surface area contributed by atoms with E-state index in [4.69, 9.17) is 10.00 Å². The number of benzene rings is 1. The SMILES string of the molecule is CNC(C)(C#N)CCCN(C)c1ccccc1OC. The normalized spacial score (nSPS) is 13.4. The lowest BCUT2D eigenvalue weighted by Gasteiger charge is -2.25. The van der Waals surface area contributed by atoms with Crippen molar-refractivity contribution in [2.45, 2.75) is 25.3 Å². The van der Waals surface area contributed by atoms with Crippen LogP contribution in [0.4, 0.5) is 5.69 Å². The van der Waals surface area contributed by atoms with Gasteiger partial charge in [0.1, 0.15) is 11.3 Å². The zero-order chi connectivity index (χ0) is 14.3. The minimum absolute atomic E-state index is 0.443. The molecule has 0 spiro atoms. The van der Waals surface area contributed by atoms with Crippen LogP contribution >= 0.6 is 0 Å². The summed E-state index contributed by atoms with van der Waals surface area (Å²) in [7, 11) is 5.55. The van der Waals surface area contributed by atoms with E-state index in [0.29, 0.717) is 0 Å². The van der Waals surface area contributed by atoms with E-state index in [0.717, 1.165) is 30.8 Å². The zero-order valence-corrected chi connectivity index (χ0v) is 12.2. The number of hydrogen-bond acceptors (Lipinski definition) is 4. The average Bonchev–Trinajstić information content (AvgIpc) is 2.46. The van der Waals surface area contributed by atoms with Gasteiger partial charge in [-0.3, -0.25) is 0 Å². The van der Waals surface area contributed by atoms with Gasteiger partial charge >= 0.3 is 0 Å². The molecule has 1 aromatic rings. The van der Waals surface area contributed by atoms with Gasteiger partial charge in [0, 0.05) is 13.6 Å². The first-order valence-electron chi connectivity index (χ1n) is 6.50. The number of nitriles is 1. The van der Waals surface area contributed by atoms with Gasteiger partial charge in [0.2, 0.25) is 0 Å². The van der Waals surface area contributed by atoms with E-state index in [1.165, 1.54) is 0 Å². The predicted octanol–water partition coefficient (Wildman–Crippen LogP) is 2.41. The van der Waals surface area contributed by atoms with Gasteiger partial charge in [-0.1, -0.05) is 12.1 Å². The van der Waals surface area contributed by atoms with Crippen LogP contribution in [0.3, 0.4) is 0 Å². The Labute approximate surface area is 116 Å². The summed E-state index contributed by atoms with van der Waals surface area (Å²) in [5, 5.41) is 12.2. The first kappa shape index (κ1) is 15.3. The van der Waals surface area contributed by atoms with Crippen LogP contribution in [0.15, 0.2) is 24.3 Å². The quantitative estimate of drug-likeness (QED) is 0.819. The molecule has 0 aromatic heterocycles. The molecule has 0 saturated heterocycles. The number of anilines is 1. The number of hydrogen-bond donors (Lipinski definition) is 1. The molecule has 19 heavy (non-hydrogen) atoms. The fourth-order valence-electron chi connectivity index (χ4n) is 1.97. The number of ether oxygens (including phenoxy) is 1. The lowest BCUT2D eigenvalue weighted by Crippen LogP contribution is -2.38. The summed E-state index contributed by atoms with van der Waals surface area (Å²) in [5.41, 5.74) is 0.634. The molecule has 104 valence electrons. The maximum atomic E-state index is 9.10. The van der Waals surface area contributed by atoms with Gasteiger partial charge in [0.05, 0.1) is 18.9 Å². The van der Waals surface area contributed by atoms with Crippen LogP contribution in [0.25, 0.3) is 0 Å². The highest BCUT2D eigenvalue weighted by molar-refractivity contribution is 5.57. The predicted molar refractivity (Wildman–Crippen MR) is 78.6 cm³/mol. The molecule has 0 aliphatic rings. The lowest BCUT2D eigenvalue weighted by molar-refractivity contribution is 0.413. The number of nitrogens with zero attached hydrogens (tertiary/aromatic N) is 2. The summed E-state index contributed by atoms with van der Waals surface area (Å²) in [4.78, 5) is 2.16. The molecule has 0 radical (unpaired) electrons. The van der Waals surface area contributed by atoms with Crippen molar-refractivity contribution in [2.24, 2.45) is 0 Å². The number of rotatable bonds is 7. The van der Waals surface area contributed by atoms with Crippen LogP contribution < -0.4 is 15.0 Å². The molecule has 1 rings (SSSR count). The molecule has 4 nitrogen and oxygen atoms in total. The molecular weight excluding hydrogens is 238 g/mol. The summed E-state index contributed by atoms with van der Waals surface area (Å²) in [6.07, 6.45) is 1.76. The lowest BCUT2D eigenvalue weighted by atomic mass is 9.98. The molecule has 0 aliphatic carbocycles. The zero-order valence-electron chi connectivity index (χ0n) is 12.2. The van der Waals surface area contributed by atoms with Crippen LogP contribution in [0, 0.1) is 11.3 Å². The molecule has 1 unspecified atom stereocenters. The van der Waals surface area contributed by atoms with E-state index >= 15 is 0 Å². The van der Waals surface area contributed by atoms with E-state index in [-0.39, 0.29) is 0 Å². The minimum Gasteiger partial charge on any atom is -0.495 e. The molecule has 4 heteroatoms. The van der Waals surface area contributed by atoms with Crippen LogP contribution in [0.5, 0.6) is 5.75 Å². The minimum atomic E-state index is -0.443. The molecule has 0 bridgehead atoms. The van der Waals surface area contributed by atoms with Gasteiger partial charge in [0.15, 0.2) is 0 Å². The van der Waals surface area contributed by atoms with Crippen molar-refractivity contribution in [3.8, 4) is 11.8 Å². The molecule has 0 heterocycles. The highest BCUT2D eigenvalue weighted by Gasteiger charge is 2.20. The van der Waals surface area contributed by atoms with Crippen molar-refractivity contribution >= 4 is 5.69 Å². The highest BCUT2D eigenvalue weighted by atomic mass is 16.5. The van der Waals surface area contributed by atoms with Gasteiger partial charge < -0.3 is 15.0 Å². The summed E-state index contributed by atoms with van der Waals surface area (Å²) < 4.78 is 5.35. The van der Waals surface area contributed by atoms with Crippen molar-refractivity contribution in [3.63, 3.8) is 0 Å². The Balaban J connectivity index is 2.57. The maximum Gasteiger partial charge on any atom is 0.142 e. The van der Waals surface area contributed by atoms with E-state index in [2.05, 4.69) is 16.3 Å². The molecule has 1 atom stereocenters. The second-order valence-corrected chi connectivity index (χ2v) is 4.89. The molecule has 0 saturated carbocycles. The number of nitrogens with one attached hydrogen (secondary N) is 1. The van der Waals surface area contributed by atoms with E-state index in [1.54, 1.807) is 7.11 Å². The van der Waals surface area contributed by atoms with Crippen molar-refractivity contribution in [2.75, 3.05) is 32.6 Å². The van der Waals surface area contributed by atoms with E-state index in [9.17, 15) is 0 Å². The second-order valence-electron chi connectivity index (χ2n) is 4.89. The number of methoxy groups -OCH3 is 1. The molecule has 0 amide bonds. The summed E-state index contributed by atoms with van der Waals surface area (Å²) in [6, 6.07) is 10.3. The van der Waals surface area contributed by atoms with Crippen LogP contribution in [0.1, 0.15) is 19.8 Å². The van der Waals surface area contributed by atoms with Crippen LogP contribution in [0.2, 0.25) is 0 Å². The van der Waals surface area contributed by atoms with E-state index in [1.807, 2.05) is 45.3 Å². The van der Waals surface area contributed by atoms with Crippen molar-refractivity contribution < 1.29 is 4.74 Å². The third-order valence-electron chi connectivity index (χ3n) is 3.47. The summed E-state index contributed by atoms with van der Waals surface area (Å²) in [6.45, 7) is 2.81. The molecule has 0 aliphatic heterocycles. The van der Waals surface area contributed by atoms with Gasteiger partial charge in [-0.05, 0) is 38.9 Å².